The molecular formula is C16H19N3O4. The molecule has 3 N–H and O–H groups in total. The Balaban J connectivity index is 1.65. The zero-order chi connectivity index (χ0) is 16.7. The second-order valence-corrected chi connectivity index (χ2v) is 4.82. The molecule has 1 aromatic carbocycles. The van der Waals surface area contributed by atoms with Crippen LogP contribution in [0.1, 0.15) is 21.9 Å². The summed E-state index contributed by atoms with van der Waals surface area (Å²) >= 11 is 0. The number of hydrazine groups is 1. The zero-order valence-corrected chi connectivity index (χ0v) is 13.0. The van der Waals surface area contributed by atoms with Gasteiger partial charge in [-0.05, 0) is 32.0 Å². The lowest BCUT2D eigenvalue weighted by Gasteiger charge is -2.09. The van der Waals surface area contributed by atoms with Crippen molar-refractivity contribution < 1.29 is 18.7 Å². The fourth-order valence-corrected chi connectivity index (χ4v) is 1.93. The Bertz CT molecular complexity index is 667. The Labute approximate surface area is 134 Å². The lowest BCUT2D eigenvalue weighted by atomic mass is 10.2. The van der Waals surface area contributed by atoms with Crippen LogP contribution < -0.4 is 20.9 Å². The summed E-state index contributed by atoms with van der Waals surface area (Å²) in [5.41, 5.74) is 4.96. The number of nitrogens with one attached hydrogen (secondary N) is 3. The van der Waals surface area contributed by atoms with Crippen molar-refractivity contribution in [1.82, 2.24) is 16.2 Å². The zero-order valence-electron chi connectivity index (χ0n) is 13.0. The number of aryl methyl sites for hydroxylation is 2. The molecule has 0 spiro atoms. The molecule has 0 unspecified atom stereocenters. The quantitative estimate of drug-likeness (QED) is 0.580. The first kappa shape index (κ1) is 16.4. The number of rotatable bonds is 5. The largest absolute Gasteiger partial charge is 0.492 e. The average Bonchev–Trinajstić information content (AvgIpc) is 2.89. The molecule has 23 heavy (non-hydrogen) atoms. The molecule has 3 amide bonds. The molecule has 7 nitrogen and oxygen atoms in total. The van der Waals surface area contributed by atoms with Crippen LogP contribution >= 0.6 is 0 Å². The molecule has 1 heterocycles. The Morgan fingerprint density at radius 1 is 1.13 bits per heavy atom. The van der Waals surface area contributed by atoms with Crippen LogP contribution in [0.3, 0.4) is 0 Å². The van der Waals surface area contributed by atoms with Crippen LogP contribution in [0.25, 0.3) is 0 Å². The molecule has 0 radical (unpaired) electrons. The van der Waals surface area contributed by atoms with E-state index in [1.165, 1.54) is 0 Å². The number of ether oxygens (including phenoxy) is 1. The highest BCUT2D eigenvalue weighted by Crippen LogP contribution is 2.12. The second kappa shape index (κ2) is 7.88. The van der Waals surface area contributed by atoms with Crippen LogP contribution in [-0.2, 0) is 0 Å². The number of carbonyl (C=O) groups is 2. The van der Waals surface area contributed by atoms with E-state index in [2.05, 4.69) is 16.2 Å². The highest BCUT2D eigenvalue weighted by atomic mass is 16.5. The van der Waals surface area contributed by atoms with Crippen LogP contribution in [0.5, 0.6) is 5.75 Å². The summed E-state index contributed by atoms with van der Waals surface area (Å²) in [4.78, 5) is 23.4. The summed E-state index contributed by atoms with van der Waals surface area (Å²) in [5, 5.41) is 2.57. The maximum atomic E-state index is 11.9. The predicted molar refractivity (Wildman–Crippen MR) is 84.1 cm³/mol. The van der Waals surface area contributed by atoms with Gasteiger partial charge in [0.1, 0.15) is 23.9 Å². The minimum atomic E-state index is -0.520. The van der Waals surface area contributed by atoms with Crippen molar-refractivity contribution in [2.75, 3.05) is 13.2 Å². The number of furan rings is 1. The Morgan fingerprint density at radius 3 is 2.52 bits per heavy atom. The van der Waals surface area contributed by atoms with Gasteiger partial charge in [0.25, 0.3) is 5.91 Å². The van der Waals surface area contributed by atoms with Gasteiger partial charge in [-0.15, -0.1) is 0 Å². The molecule has 2 rings (SSSR count). The molecule has 7 heteroatoms. The van der Waals surface area contributed by atoms with Crippen molar-refractivity contribution in [2.24, 2.45) is 0 Å². The van der Waals surface area contributed by atoms with Gasteiger partial charge in [-0.25, -0.2) is 10.2 Å². The summed E-state index contributed by atoms with van der Waals surface area (Å²) in [7, 11) is 0. The smallest absolute Gasteiger partial charge is 0.333 e. The Kier molecular flexibility index (Phi) is 5.62. The van der Waals surface area contributed by atoms with Gasteiger partial charge in [0.05, 0.1) is 12.1 Å². The Hall–Kier alpha value is -2.96. The number of para-hydroxylation sites is 1. The number of benzene rings is 1. The van der Waals surface area contributed by atoms with E-state index in [9.17, 15) is 9.59 Å². The molecule has 0 aliphatic carbocycles. The fraction of sp³-hybridized carbons (Fsp3) is 0.250. The molecule has 0 fully saturated rings. The molecule has 0 bridgehead atoms. The highest BCUT2D eigenvalue weighted by molar-refractivity contribution is 5.96. The number of carbonyl (C=O) groups excluding carboxylic acids is 2. The molecule has 0 saturated carbocycles. The van der Waals surface area contributed by atoms with Crippen LogP contribution in [0.15, 0.2) is 40.8 Å². The van der Waals surface area contributed by atoms with Gasteiger partial charge >= 0.3 is 6.03 Å². The predicted octanol–water partition coefficient (Wildman–Crippen LogP) is 1.92. The molecule has 122 valence electrons. The maximum absolute atomic E-state index is 11.9. The highest BCUT2D eigenvalue weighted by Gasteiger charge is 2.13. The summed E-state index contributed by atoms with van der Waals surface area (Å²) in [6.45, 7) is 4.06. The van der Waals surface area contributed by atoms with Gasteiger partial charge in [-0.3, -0.25) is 10.2 Å². The van der Waals surface area contributed by atoms with E-state index in [1.54, 1.807) is 19.9 Å². The normalized spacial score (nSPS) is 10.0. The molecule has 1 aromatic heterocycles. The molecule has 0 aliphatic rings. The molecule has 0 aliphatic heterocycles. The minimum absolute atomic E-state index is 0.306. The van der Waals surface area contributed by atoms with Crippen LogP contribution in [0.4, 0.5) is 4.79 Å². The van der Waals surface area contributed by atoms with Crippen molar-refractivity contribution in [3.8, 4) is 5.75 Å². The monoisotopic (exact) mass is 317 g/mol. The van der Waals surface area contributed by atoms with Crippen molar-refractivity contribution >= 4 is 11.9 Å². The van der Waals surface area contributed by atoms with E-state index < -0.39 is 11.9 Å². The SMILES string of the molecule is Cc1cc(C(=O)NNC(=O)NCCOc2ccccc2)c(C)o1. The molecule has 0 atom stereocenters. The third-order valence-electron chi connectivity index (χ3n) is 2.97. The van der Waals surface area contributed by atoms with E-state index in [4.69, 9.17) is 9.15 Å². The van der Waals surface area contributed by atoms with E-state index in [0.29, 0.717) is 30.2 Å². The van der Waals surface area contributed by atoms with Crippen LogP contribution in [0.2, 0.25) is 0 Å². The third-order valence-corrected chi connectivity index (χ3v) is 2.97. The summed E-state index contributed by atoms with van der Waals surface area (Å²) < 4.78 is 10.7. The lowest BCUT2D eigenvalue weighted by molar-refractivity contribution is 0.0934. The van der Waals surface area contributed by atoms with Crippen molar-refractivity contribution in [3.05, 3.63) is 53.5 Å². The van der Waals surface area contributed by atoms with Gasteiger partial charge < -0.3 is 14.5 Å². The maximum Gasteiger partial charge on any atom is 0.333 e. The number of urea groups is 1. The molecular weight excluding hydrogens is 298 g/mol. The number of hydrogen-bond donors (Lipinski definition) is 3. The van der Waals surface area contributed by atoms with Gasteiger partial charge in [0, 0.05) is 0 Å². The fourth-order valence-electron chi connectivity index (χ4n) is 1.93. The Morgan fingerprint density at radius 2 is 1.87 bits per heavy atom. The molecule has 0 saturated heterocycles. The van der Waals surface area contributed by atoms with Crippen molar-refractivity contribution in [1.29, 1.82) is 0 Å². The minimum Gasteiger partial charge on any atom is -0.492 e. The summed E-state index contributed by atoms with van der Waals surface area (Å²) in [6.07, 6.45) is 0. The van der Waals surface area contributed by atoms with Crippen LogP contribution in [-0.4, -0.2) is 25.1 Å². The van der Waals surface area contributed by atoms with Gasteiger partial charge in [0.15, 0.2) is 0 Å². The standard InChI is InChI=1S/C16H19N3O4/c1-11-10-14(12(2)23-11)15(20)18-19-16(21)17-8-9-22-13-6-4-3-5-7-13/h3-7,10H,8-9H2,1-2H3,(H,18,20)(H2,17,19,21). The van der Waals surface area contributed by atoms with Crippen molar-refractivity contribution in [3.63, 3.8) is 0 Å². The van der Waals surface area contributed by atoms with Gasteiger partial charge in [0.2, 0.25) is 0 Å². The first-order chi connectivity index (χ1) is 11.1. The lowest BCUT2D eigenvalue weighted by Crippen LogP contribution is -2.47. The van der Waals surface area contributed by atoms with E-state index in [-0.39, 0.29) is 0 Å². The van der Waals surface area contributed by atoms with E-state index in [0.717, 1.165) is 5.75 Å². The second-order valence-electron chi connectivity index (χ2n) is 4.82. The van der Waals surface area contributed by atoms with Gasteiger partial charge in [-0.1, -0.05) is 18.2 Å². The average molecular weight is 317 g/mol. The van der Waals surface area contributed by atoms with E-state index in [1.807, 2.05) is 30.3 Å². The number of hydrogen-bond acceptors (Lipinski definition) is 4. The first-order valence-electron chi connectivity index (χ1n) is 7.15. The number of amides is 3. The molecule has 2 aromatic rings. The third kappa shape index (κ3) is 5.06. The topological polar surface area (TPSA) is 92.6 Å². The van der Waals surface area contributed by atoms with Crippen LogP contribution in [0, 0.1) is 13.8 Å². The summed E-state index contributed by atoms with van der Waals surface area (Å²) in [6, 6.07) is 10.4. The summed E-state index contributed by atoms with van der Waals surface area (Å²) in [5.74, 6) is 1.43. The van der Waals surface area contributed by atoms with Crippen molar-refractivity contribution in [2.45, 2.75) is 13.8 Å². The van der Waals surface area contributed by atoms with Gasteiger partial charge in [-0.2, -0.15) is 0 Å². The first-order valence-corrected chi connectivity index (χ1v) is 7.15. The van der Waals surface area contributed by atoms with E-state index >= 15 is 0 Å².